The van der Waals surface area contributed by atoms with Crippen LogP contribution < -0.4 is 0 Å². The van der Waals surface area contributed by atoms with Gasteiger partial charge in [0.05, 0.1) is 18.9 Å². The Balaban J connectivity index is 1.57. The lowest BCUT2D eigenvalue weighted by molar-refractivity contribution is -0.185. The third-order valence-electron chi connectivity index (χ3n) is 3.59. The van der Waals surface area contributed by atoms with Crippen LogP contribution in [0.2, 0.25) is 5.15 Å². The average molecular weight is 269 g/mol. The number of hydrogen-bond acceptors (Lipinski definition) is 4. The SMILES string of the molecule is Clc1cccc(CN2CCC3(CC2)OCCO3)n1. The highest BCUT2D eigenvalue weighted by molar-refractivity contribution is 6.29. The largest absolute Gasteiger partial charge is 0.347 e. The summed E-state index contributed by atoms with van der Waals surface area (Å²) in [7, 11) is 0. The molecule has 2 aliphatic rings. The molecule has 98 valence electrons. The highest BCUT2D eigenvalue weighted by Gasteiger charge is 2.39. The minimum absolute atomic E-state index is 0.293. The first-order valence-corrected chi connectivity index (χ1v) is 6.75. The Morgan fingerprint density at radius 1 is 1.22 bits per heavy atom. The fourth-order valence-electron chi connectivity index (χ4n) is 2.60. The van der Waals surface area contributed by atoms with Gasteiger partial charge in [0.2, 0.25) is 0 Å². The average Bonchev–Trinajstić information content (AvgIpc) is 2.81. The highest BCUT2D eigenvalue weighted by Crippen LogP contribution is 2.31. The van der Waals surface area contributed by atoms with Crippen LogP contribution in [0.4, 0.5) is 0 Å². The van der Waals surface area contributed by atoms with Gasteiger partial charge in [-0.25, -0.2) is 4.98 Å². The molecule has 0 amide bonds. The quantitative estimate of drug-likeness (QED) is 0.769. The summed E-state index contributed by atoms with van der Waals surface area (Å²) in [6.45, 7) is 4.27. The maximum atomic E-state index is 5.89. The maximum absolute atomic E-state index is 5.89. The fourth-order valence-corrected chi connectivity index (χ4v) is 2.79. The molecule has 1 aromatic rings. The first kappa shape index (κ1) is 12.4. The Morgan fingerprint density at radius 3 is 2.61 bits per heavy atom. The predicted octanol–water partition coefficient (Wildman–Crippen LogP) is 2.07. The number of likely N-dealkylation sites (tertiary alicyclic amines) is 1. The van der Waals surface area contributed by atoms with Crippen molar-refractivity contribution in [3.63, 3.8) is 0 Å². The number of ether oxygens (including phenoxy) is 2. The van der Waals surface area contributed by atoms with Gasteiger partial charge in [-0.1, -0.05) is 17.7 Å². The lowest BCUT2D eigenvalue weighted by atomic mass is 10.0. The van der Waals surface area contributed by atoms with Gasteiger partial charge >= 0.3 is 0 Å². The lowest BCUT2D eigenvalue weighted by Gasteiger charge is -2.37. The molecule has 18 heavy (non-hydrogen) atoms. The van der Waals surface area contributed by atoms with E-state index in [0.29, 0.717) is 5.15 Å². The maximum Gasteiger partial charge on any atom is 0.170 e. The smallest absolute Gasteiger partial charge is 0.170 e. The van der Waals surface area contributed by atoms with E-state index in [1.165, 1.54) is 0 Å². The molecule has 1 aromatic heterocycles. The van der Waals surface area contributed by atoms with Gasteiger partial charge in [0.15, 0.2) is 5.79 Å². The van der Waals surface area contributed by atoms with Gasteiger partial charge in [0.25, 0.3) is 0 Å². The minimum atomic E-state index is -0.293. The van der Waals surface area contributed by atoms with E-state index in [9.17, 15) is 0 Å². The van der Waals surface area contributed by atoms with Crippen LogP contribution in [0.1, 0.15) is 18.5 Å². The summed E-state index contributed by atoms with van der Waals surface area (Å²) in [6, 6.07) is 5.76. The number of piperidine rings is 1. The molecule has 3 rings (SSSR count). The molecule has 2 fully saturated rings. The summed E-state index contributed by atoms with van der Waals surface area (Å²) in [5.41, 5.74) is 1.02. The number of pyridine rings is 1. The summed E-state index contributed by atoms with van der Waals surface area (Å²) in [4.78, 5) is 6.69. The van der Waals surface area contributed by atoms with Crippen LogP contribution in [0.25, 0.3) is 0 Å². The zero-order valence-electron chi connectivity index (χ0n) is 10.3. The first-order valence-electron chi connectivity index (χ1n) is 6.38. The van der Waals surface area contributed by atoms with Gasteiger partial charge in [-0.2, -0.15) is 0 Å². The molecule has 0 atom stereocenters. The van der Waals surface area contributed by atoms with Crippen molar-refractivity contribution in [3.05, 3.63) is 29.0 Å². The molecule has 3 heterocycles. The molecule has 0 radical (unpaired) electrons. The summed E-state index contributed by atoms with van der Waals surface area (Å²) in [5, 5.41) is 0.559. The normalized spacial score (nSPS) is 23.6. The van der Waals surface area contributed by atoms with E-state index in [-0.39, 0.29) is 5.79 Å². The van der Waals surface area contributed by atoms with E-state index in [1.807, 2.05) is 12.1 Å². The molecule has 0 N–H and O–H groups in total. The van der Waals surface area contributed by atoms with E-state index in [0.717, 1.165) is 51.4 Å². The van der Waals surface area contributed by atoms with E-state index in [1.54, 1.807) is 6.07 Å². The van der Waals surface area contributed by atoms with Crippen LogP contribution in [0, 0.1) is 0 Å². The van der Waals surface area contributed by atoms with Crippen molar-refractivity contribution in [1.29, 1.82) is 0 Å². The molecule has 2 aliphatic heterocycles. The number of halogens is 1. The van der Waals surface area contributed by atoms with Crippen molar-refractivity contribution < 1.29 is 9.47 Å². The van der Waals surface area contributed by atoms with Gasteiger partial charge in [0.1, 0.15) is 5.15 Å². The van der Waals surface area contributed by atoms with Crippen LogP contribution in [0.3, 0.4) is 0 Å². The molecule has 1 spiro atoms. The number of aromatic nitrogens is 1. The van der Waals surface area contributed by atoms with E-state index in [2.05, 4.69) is 9.88 Å². The summed E-state index contributed by atoms with van der Waals surface area (Å²) < 4.78 is 11.4. The Kier molecular flexibility index (Phi) is 3.52. The van der Waals surface area contributed by atoms with Crippen LogP contribution in [0.15, 0.2) is 18.2 Å². The molecular weight excluding hydrogens is 252 g/mol. The van der Waals surface area contributed by atoms with Crippen molar-refractivity contribution in [1.82, 2.24) is 9.88 Å². The van der Waals surface area contributed by atoms with Crippen molar-refractivity contribution in [2.24, 2.45) is 0 Å². The Labute approximate surface area is 112 Å². The summed E-state index contributed by atoms with van der Waals surface area (Å²) >= 11 is 5.89. The number of nitrogens with zero attached hydrogens (tertiary/aromatic N) is 2. The van der Waals surface area contributed by atoms with Crippen molar-refractivity contribution in [2.75, 3.05) is 26.3 Å². The Hall–Kier alpha value is -0.680. The second-order valence-corrected chi connectivity index (χ2v) is 5.22. The van der Waals surface area contributed by atoms with Crippen LogP contribution >= 0.6 is 11.6 Å². The van der Waals surface area contributed by atoms with Crippen molar-refractivity contribution in [2.45, 2.75) is 25.2 Å². The molecule has 0 aromatic carbocycles. The van der Waals surface area contributed by atoms with Crippen LogP contribution in [-0.2, 0) is 16.0 Å². The molecule has 2 saturated heterocycles. The van der Waals surface area contributed by atoms with Gasteiger partial charge in [0, 0.05) is 32.5 Å². The van der Waals surface area contributed by atoms with E-state index in [4.69, 9.17) is 21.1 Å². The number of rotatable bonds is 2. The van der Waals surface area contributed by atoms with E-state index >= 15 is 0 Å². The zero-order valence-corrected chi connectivity index (χ0v) is 11.0. The van der Waals surface area contributed by atoms with Crippen molar-refractivity contribution >= 4 is 11.6 Å². The first-order chi connectivity index (χ1) is 8.76. The molecule has 0 aliphatic carbocycles. The van der Waals surface area contributed by atoms with Gasteiger partial charge in [-0.3, -0.25) is 4.90 Å². The van der Waals surface area contributed by atoms with Gasteiger partial charge in [-0.05, 0) is 12.1 Å². The lowest BCUT2D eigenvalue weighted by Crippen LogP contribution is -2.44. The monoisotopic (exact) mass is 268 g/mol. The molecule has 0 bridgehead atoms. The second kappa shape index (κ2) is 5.13. The molecule has 0 saturated carbocycles. The summed E-state index contributed by atoms with van der Waals surface area (Å²) in [5.74, 6) is -0.293. The molecular formula is C13H17ClN2O2. The third kappa shape index (κ3) is 2.67. The topological polar surface area (TPSA) is 34.6 Å². The second-order valence-electron chi connectivity index (χ2n) is 4.84. The molecule has 5 heteroatoms. The number of hydrogen-bond donors (Lipinski definition) is 0. The third-order valence-corrected chi connectivity index (χ3v) is 3.80. The molecule has 0 unspecified atom stereocenters. The summed E-state index contributed by atoms with van der Waals surface area (Å²) in [6.07, 6.45) is 1.88. The minimum Gasteiger partial charge on any atom is -0.347 e. The Morgan fingerprint density at radius 2 is 1.94 bits per heavy atom. The molecule has 4 nitrogen and oxygen atoms in total. The van der Waals surface area contributed by atoms with Crippen LogP contribution in [0.5, 0.6) is 0 Å². The van der Waals surface area contributed by atoms with Gasteiger partial charge in [-0.15, -0.1) is 0 Å². The Bertz CT molecular complexity index is 411. The zero-order chi connectivity index (χ0) is 12.4. The standard InChI is InChI=1S/C13H17ClN2O2/c14-12-3-1-2-11(15-12)10-16-6-4-13(5-7-16)17-8-9-18-13/h1-3H,4-10H2. The van der Waals surface area contributed by atoms with Crippen molar-refractivity contribution in [3.8, 4) is 0 Å². The van der Waals surface area contributed by atoms with Crippen LogP contribution in [-0.4, -0.2) is 42.0 Å². The van der Waals surface area contributed by atoms with Gasteiger partial charge < -0.3 is 9.47 Å². The van der Waals surface area contributed by atoms with E-state index < -0.39 is 0 Å². The predicted molar refractivity (Wildman–Crippen MR) is 68.4 cm³/mol. The highest BCUT2D eigenvalue weighted by atomic mass is 35.5. The fraction of sp³-hybridized carbons (Fsp3) is 0.615.